The van der Waals surface area contributed by atoms with Crippen molar-refractivity contribution in [3.05, 3.63) is 0 Å². The molecular formula is C13H25NO2. The Labute approximate surface area is 98.8 Å². The van der Waals surface area contributed by atoms with Crippen LogP contribution in [0.4, 0.5) is 0 Å². The fourth-order valence-electron chi connectivity index (χ4n) is 2.27. The third-order valence-corrected chi connectivity index (χ3v) is 3.50. The Morgan fingerprint density at radius 2 is 2.00 bits per heavy atom. The number of nitrogens with zero attached hydrogens (tertiary/aromatic N) is 1. The topological polar surface area (TPSA) is 40.5 Å². The van der Waals surface area contributed by atoms with Gasteiger partial charge in [0.25, 0.3) is 0 Å². The fraction of sp³-hybridized carbons (Fsp3) is 0.923. The van der Waals surface area contributed by atoms with E-state index in [0.29, 0.717) is 12.3 Å². The van der Waals surface area contributed by atoms with Crippen LogP contribution < -0.4 is 0 Å². The van der Waals surface area contributed by atoms with Gasteiger partial charge < -0.3 is 10.0 Å². The average molecular weight is 227 g/mol. The first-order chi connectivity index (χ1) is 7.58. The summed E-state index contributed by atoms with van der Waals surface area (Å²) in [6, 6.07) is 0. The molecule has 16 heavy (non-hydrogen) atoms. The molecule has 1 rings (SSSR count). The Morgan fingerprint density at radius 1 is 1.38 bits per heavy atom. The minimum absolute atomic E-state index is 0.344. The van der Waals surface area contributed by atoms with E-state index < -0.39 is 5.97 Å². The lowest BCUT2D eigenvalue weighted by Gasteiger charge is -2.32. The van der Waals surface area contributed by atoms with E-state index in [-0.39, 0.29) is 0 Å². The van der Waals surface area contributed by atoms with Crippen LogP contribution >= 0.6 is 0 Å². The highest BCUT2D eigenvalue weighted by Gasteiger charge is 2.19. The van der Waals surface area contributed by atoms with Gasteiger partial charge in [-0.25, -0.2) is 0 Å². The normalized spacial score (nSPS) is 19.2. The van der Waals surface area contributed by atoms with E-state index >= 15 is 0 Å². The molecule has 3 nitrogen and oxygen atoms in total. The highest BCUT2D eigenvalue weighted by Crippen LogP contribution is 2.22. The predicted octanol–water partition coefficient (Wildman–Crippen LogP) is 2.61. The van der Waals surface area contributed by atoms with Gasteiger partial charge in [0, 0.05) is 6.42 Å². The summed E-state index contributed by atoms with van der Waals surface area (Å²) in [6.45, 7) is 8.07. The summed E-state index contributed by atoms with van der Waals surface area (Å²) in [6.07, 6.45) is 4.86. The molecule has 0 amide bonds. The smallest absolute Gasteiger partial charge is 0.303 e. The quantitative estimate of drug-likeness (QED) is 0.758. The molecule has 0 aromatic heterocycles. The third kappa shape index (κ3) is 5.50. The molecule has 0 saturated carbocycles. The molecule has 0 atom stereocenters. The van der Waals surface area contributed by atoms with Crippen LogP contribution in [0.15, 0.2) is 0 Å². The van der Waals surface area contributed by atoms with Gasteiger partial charge in [0.15, 0.2) is 0 Å². The van der Waals surface area contributed by atoms with E-state index in [1.54, 1.807) is 0 Å². The molecule has 94 valence electrons. The Kier molecular flexibility index (Phi) is 5.81. The summed E-state index contributed by atoms with van der Waals surface area (Å²) >= 11 is 0. The Bertz CT molecular complexity index is 208. The SMILES string of the molecule is CC(C)CCN1CCC(CCC(=O)O)CC1. The summed E-state index contributed by atoms with van der Waals surface area (Å²) in [7, 11) is 0. The van der Waals surface area contributed by atoms with Gasteiger partial charge >= 0.3 is 5.97 Å². The first-order valence-electron chi connectivity index (χ1n) is 6.52. The van der Waals surface area contributed by atoms with Crippen molar-refractivity contribution in [1.29, 1.82) is 0 Å². The highest BCUT2D eigenvalue weighted by atomic mass is 16.4. The third-order valence-electron chi connectivity index (χ3n) is 3.50. The number of carbonyl (C=O) groups is 1. The van der Waals surface area contributed by atoms with Crippen molar-refractivity contribution in [2.24, 2.45) is 11.8 Å². The first-order valence-corrected chi connectivity index (χ1v) is 6.52. The molecular weight excluding hydrogens is 202 g/mol. The van der Waals surface area contributed by atoms with Crippen LogP contribution in [0.2, 0.25) is 0 Å². The molecule has 1 fully saturated rings. The van der Waals surface area contributed by atoms with Crippen molar-refractivity contribution in [1.82, 2.24) is 4.90 Å². The standard InChI is InChI=1S/C13H25NO2/c1-11(2)5-8-14-9-6-12(7-10-14)3-4-13(15)16/h11-12H,3-10H2,1-2H3,(H,15,16). The van der Waals surface area contributed by atoms with Crippen molar-refractivity contribution in [3.63, 3.8) is 0 Å². The molecule has 0 spiro atoms. The van der Waals surface area contributed by atoms with Gasteiger partial charge in [0.05, 0.1) is 0 Å². The maximum atomic E-state index is 10.5. The lowest BCUT2D eigenvalue weighted by molar-refractivity contribution is -0.137. The number of carboxylic acids is 1. The lowest BCUT2D eigenvalue weighted by atomic mass is 9.92. The van der Waals surface area contributed by atoms with E-state index in [1.807, 2.05) is 0 Å². The van der Waals surface area contributed by atoms with Crippen LogP contribution in [-0.2, 0) is 4.79 Å². The molecule has 0 aromatic rings. The lowest BCUT2D eigenvalue weighted by Crippen LogP contribution is -2.35. The van der Waals surface area contributed by atoms with E-state index in [1.165, 1.54) is 25.8 Å². The van der Waals surface area contributed by atoms with Crippen molar-refractivity contribution in [2.45, 2.75) is 46.0 Å². The molecule has 1 aliphatic heterocycles. The summed E-state index contributed by atoms with van der Waals surface area (Å²) in [5, 5.41) is 8.63. The largest absolute Gasteiger partial charge is 0.481 e. The van der Waals surface area contributed by atoms with Gasteiger partial charge in [-0.1, -0.05) is 13.8 Å². The summed E-state index contributed by atoms with van der Waals surface area (Å²) in [5.41, 5.74) is 0. The predicted molar refractivity (Wildman–Crippen MR) is 65.5 cm³/mol. The van der Waals surface area contributed by atoms with Crippen LogP contribution in [-0.4, -0.2) is 35.6 Å². The molecule has 1 heterocycles. The van der Waals surface area contributed by atoms with Crippen molar-refractivity contribution >= 4 is 5.97 Å². The van der Waals surface area contributed by atoms with Gasteiger partial charge in [-0.2, -0.15) is 0 Å². The molecule has 0 unspecified atom stereocenters. The zero-order valence-corrected chi connectivity index (χ0v) is 10.6. The minimum Gasteiger partial charge on any atom is -0.481 e. The molecule has 0 aliphatic carbocycles. The van der Waals surface area contributed by atoms with Crippen LogP contribution in [0.5, 0.6) is 0 Å². The molecule has 3 heteroatoms. The van der Waals surface area contributed by atoms with Gasteiger partial charge in [-0.05, 0) is 57.2 Å². The monoisotopic (exact) mass is 227 g/mol. The molecule has 1 aliphatic rings. The number of aliphatic carboxylic acids is 1. The second kappa shape index (κ2) is 6.89. The van der Waals surface area contributed by atoms with Crippen molar-refractivity contribution in [2.75, 3.05) is 19.6 Å². The van der Waals surface area contributed by atoms with E-state index in [9.17, 15) is 4.79 Å². The van der Waals surface area contributed by atoms with Gasteiger partial charge in [0.1, 0.15) is 0 Å². The van der Waals surface area contributed by atoms with Crippen LogP contribution in [0.1, 0.15) is 46.0 Å². The fourth-order valence-corrected chi connectivity index (χ4v) is 2.27. The van der Waals surface area contributed by atoms with Crippen LogP contribution in [0, 0.1) is 11.8 Å². The second-order valence-corrected chi connectivity index (χ2v) is 5.40. The van der Waals surface area contributed by atoms with Crippen molar-refractivity contribution < 1.29 is 9.90 Å². The average Bonchev–Trinajstić information content (AvgIpc) is 2.25. The molecule has 0 radical (unpaired) electrons. The summed E-state index contributed by atoms with van der Waals surface area (Å²) in [5.74, 6) is 0.776. The zero-order valence-electron chi connectivity index (χ0n) is 10.6. The second-order valence-electron chi connectivity index (χ2n) is 5.40. The Balaban J connectivity index is 2.11. The highest BCUT2D eigenvalue weighted by molar-refractivity contribution is 5.66. The Hall–Kier alpha value is -0.570. The number of likely N-dealkylation sites (tertiary alicyclic amines) is 1. The molecule has 0 bridgehead atoms. The maximum absolute atomic E-state index is 10.5. The van der Waals surface area contributed by atoms with E-state index in [2.05, 4.69) is 18.7 Å². The maximum Gasteiger partial charge on any atom is 0.303 e. The van der Waals surface area contributed by atoms with Crippen LogP contribution in [0.25, 0.3) is 0 Å². The number of piperidine rings is 1. The first kappa shape index (κ1) is 13.5. The number of rotatable bonds is 6. The van der Waals surface area contributed by atoms with Gasteiger partial charge in [-0.3, -0.25) is 4.79 Å². The number of hydrogen-bond acceptors (Lipinski definition) is 2. The minimum atomic E-state index is -0.651. The summed E-state index contributed by atoms with van der Waals surface area (Å²) in [4.78, 5) is 13.0. The number of carboxylic acid groups (broad SMARTS) is 1. The van der Waals surface area contributed by atoms with Crippen molar-refractivity contribution in [3.8, 4) is 0 Å². The molecule has 1 saturated heterocycles. The van der Waals surface area contributed by atoms with Gasteiger partial charge in [0.2, 0.25) is 0 Å². The van der Waals surface area contributed by atoms with E-state index in [4.69, 9.17) is 5.11 Å². The number of hydrogen-bond donors (Lipinski definition) is 1. The van der Waals surface area contributed by atoms with E-state index in [0.717, 1.165) is 25.4 Å². The zero-order chi connectivity index (χ0) is 12.0. The summed E-state index contributed by atoms with van der Waals surface area (Å²) < 4.78 is 0. The van der Waals surface area contributed by atoms with Crippen LogP contribution in [0.3, 0.4) is 0 Å². The molecule has 0 aromatic carbocycles. The van der Waals surface area contributed by atoms with Gasteiger partial charge in [-0.15, -0.1) is 0 Å². The Morgan fingerprint density at radius 3 is 2.50 bits per heavy atom. The molecule has 1 N–H and O–H groups in total.